The van der Waals surface area contributed by atoms with E-state index in [-0.39, 0.29) is 11.8 Å². The summed E-state index contributed by atoms with van der Waals surface area (Å²) in [6.45, 7) is 1.93. The van der Waals surface area contributed by atoms with Gasteiger partial charge in [-0.25, -0.2) is 4.68 Å². The van der Waals surface area contributed by atoms with E-state index in [1.54, 1.807) is 24.3 Å². The molecule has 0 fully saturated rings. The highest BCUT2D eigenvalue weighted by molar-refractivity contribution is 6.01. The van der Waals surface area contributed by atoms with Gasteiger partial charge < -0.3 is 5.32 Å². The zero-order valence-corrected chi connectivity index (χ0v) is 11.0. The molecule has 104 valence electrons. The van der Waals surface area contributed by atoms with Gasteiger partial charge in [0.2, 0.25) is 5.91 Å². The predicted molar refractivity (Wildman–Crippen MR) is 73.7 cm³/mol. The Balaban J connectivity index is 2.05. The molecule has 2 aromatic rings. The molecule has 0 radical (unpaired) electrons. The molecule has 0 aliphatic rings. The van der Waals surface area contributed by atoms with Gasteiger partial charge in [-0.15, -0.1) is 10.2 Å². The molecule has 0 bridgehead atoms. The normalized spacial score (nSPS) is 10.1. The number of rotatable bonds is 5. The molecule has 20 heavy (non-hydrogen) atoms. The first kappa shape index (κ1) is 13.7. The van der Waals surface area contributed by atoms with Crippen LogP contribution >= 0.6 is 0 Å². The molecule has 1 heterocycles. The maximum atomic E-state index is 12.0. The first-order valence-electron chi connectivity index (χ1n) is 6.25. The standard InChI is InChI=1S/C13H15N5O2/c1-2-4-12(19)16-11-6-3-5-10(7-11)13(20)17-18-8-14-15-9-18/h3,5-9H,2,4H2,1H3,(H,16,19)(H,17,20). The molecule has 0 aliphatic carbocycles. The lowest BCUT2D eigenvalue weighted by atomic mass is 10.2. The van der Waals surface area contributed by atoms with Crippen molar-refractivity contribution in [3.05, 3.63) is 42.5 Å². The van der Waals surface area contributed by atoms with Crippen molar-refractivity contribution in [1.82, 2.24) is 14.9 Å². The van der Waals surface area contributed by atoms with Crippen LogP contribution in [0.3, 0.4) is 0 Å². The van der Waals surface area contributed by atoms with E-state index in [1.807, 2.05) is 6.92 Å². The molecule has 0 atom stereocenters. The van der Waals surface area contributed by atoms with Crippen molar-refractivity contribution in [2.45, 2.75) is 19.8 Å². The van der Waals surface area contributed by atoms with Gasteiger partial charge in [0.05, 0.1) is 0 Å². The molecule has 1 aromatic heterocycles. The third-order valence-electron chi connectivity index (χ3n) is 2.53. The molecule has 2 N–H and O–H groups in total. The number of nitrogens with one attached hydrogen (secondary N) is 2. The van der Waals surface area contributed by atoms with E-state index in [4.69, 9.17) is 0 Å². The number of aromatic nitrogens is 3. The first-order valence-corrected chi connectivity index (χ1v) is 6.25. The molecule has 0 spiro atoms. The van der Waals surface area contributed by atoms with Crippen LogP contribution in [-0.2, 0) is 4.79 Å². The van der Waals surface area contributed by atoms with Crippen LogP contribution in [0.2, 0.25) is 0 Å². The number of hydrogen-bond donors (Lipinski definition) is 2. The summed E-state index contributed by atoms with van der Waals surface area (Å²) >= 11 is 0. The van der Waals surface area contributed by atoms with Crippen molar-refractivity contribution < 1.29 is 9.59 Å². The lowest BCUT2D eigenvalue weighted by Gasteiger charge is -2.08. The van der Waals surface area contributed by atoms with Gasteiger partial charge in [0, 0.05) is 17.7 Å². The first-order chi connectivity index (χ1) is 9.69. The average Bonchev–Trinajstić information content (AvgIpc) is 2.92. The Hall–Kier alpha value is -2.70. The summed E-state index contributed by atoms with van der Waals surface area (Å²) in [7, 11) is 0. The van der Waals surface area contributed by atoms with Gasteiger partial charge in [-0.05, 0) is 24.6 Å². The van der Waals surface area contributed by atoms with E-state index in [9.17, 15) is 9.59 Å². The smallest absolute Gasteiger partial charge is 0.270 e. The van der Waals surface area contributed by atoms with Gasteiger partial charge in [0.1, 0.15) is 12.7 Å². The van der Waals surface area contributed by atoms with E-state index in [0.717, 1.165) is 6.42 Å². The molecule has 0 saturated carbocycles. The van der Waals surface area contributed by atoms with Gasteiger partial charge >= 0.3 is 0 Å². The minimum Gasteiger partial charge on any atom is -0.326 e. The van der Waals surface area contributed by atoms with Crippen molar-refractivity contribution >= 4 is 17.5 Å². The molecule has 1 aromatic carbocycles. The summed E-state index contributed by atoms with van der Waals surface area (Å²) in [5.41, 5.74) is 3.62. The quantitative estimate of drug-likeness (QED) is 0.861. The fourth-order valence-corrected chi connectivity index (χ4v) is 1.63. The van der Waals surface area contributed by atoms with Gasteiger partial charge in [-0.3, -0.25) is 15.0 Å². The largest absolute Gasteiger partial charge is 0.326 e. The molecule has 2 amide bonds. The molecule has 0 unspecified atom stereocenters. The van der Waals surface area contributed by atoms with Crippen LogP contribution < -0.4 is 10.7 Å². The van der Waals surface area contributed by atoms with Crippen LogP contribution in [0.5, 0.6) is 0 Å². The van der Waals surface area contributed by atoms with Crippen molar-refractivity contribution in [1.29, 1.82) is 0 Å². The number of nitrogens with zero attached hydrogens (tertiary/aromatic N) is 3. The van der Waals surface area contributed by atoms with Gasteiger partial charge in [0.15, 0.2) is 0 Å². The van der Waals surface area contributed by atoms with E-state index >= 15 is 0 Å². The number of carbonyl (C=O) groups excluding carboxylic acids is 2. The number of carbonyl (C=O) groups is 2. The summed E-state index contributed by atoms with van der Waals surface area (Å²) in [5, 5.41) is 9.92. The van der Waals surface area contributed by atoms with Crippen LogP contribution in [0.4, 0.5) is 5.69 Å². The highest BCUT2D eigenvalue weighted by Gasteiger charge is 2.08. The Kier molecular flexibility index (Phi) is 4.43. The molecule has 7 heteroatoms. The summed E-state index contributed by atoms with van der Waals surface area (Å²) < 4.78 is 1.35. The third kappa shape index (κ3) is 3.64. The molecule has 7 nitrogen and oxygen atoms in total. The van der Waals surface area contributed by atoms with Crippen molar-refractivity contribution in [2.24, 2.45) is 0 Å². The van der Waals surface area contributed by atoms with Crippen LogP contribution in [0, 0.1) is 0 Å². The average molecular weight is 273 g/mol. The van der Waals surface area contributed by atoms with Gasteiger partial charge in [0.25, 0.3) is 5.91 Å². The van der Waals surface area contributed by atoms with E-state index < -0.39 is 0 Å². The lowest BCUT2D eigenvalue weighted by Crippen LogP contribution is -2.21. The third-order valence-corrected chi connectivity index (χ3v) is 2.53. The second-order valence-electron chi connectivity index (χ2n) is 4.19. The summed E-state index contributed by atoms with van der Waals surface area (Å²) in [6, 6.07) is 6.73. The topological polar surface area (TPSA) is 88.9 Å². The Morgan fingerprint density at radius 1 is 1.25 bits per heavy atom. The van der Waals surface area contributed by atoms with E-state index in [2.05, 4.69) is 20.9 Å². The van der Waals surface area contributed by atoms with E-state index in [1.165, 1.54) is 17.3 Å². The molecular weight excluding hydrogens is 258 g/mol. The Morgan fingerprint density at radius 3 is 2.70 bits per heavy atom. The molecule has 0 saturated heterocycles. The minimum absolute atomic E-state index is 0.0659. The van der Waals surface area contributed by atoms with Crippen LogP contribution in [0.25, 0.3) is 0 Å². The maximum Gasteiger partial charge on any atom is 0.270 e. The Labute approximate surface area is 116 Å². The van der Waals surface area contributed by atoms with Crippen molar-refractivity contribution in [3.8, 4) is 0 Å². The Bertz CT molecular complexity index is 595. The fourth-order valence-electron chi connectivity index (χ4n) is 1.63. The fraction of sp³-hybridized carbons (Fsp3) is 0.231. The second-order valence-corrected chi connectivity index (χ2v) is 4.19. The van der Waals surface area contributed by atoms with Crippen LogP contribution in [0.15, 0.2) is 36.9 Å². The predicted octanol–water partition coefficient (Wildman–Crippen LogP) is 1.40. The summed E-state index contributed by atoms with van der Waals surface area (Å²) in [6.07, 6.45) is 3.99. The minimum atomic E-state index is -0.309. The zero-order chi connectivity index (χ0) is 14.4. The second kappa shape index (κ2) is 6.46. The van der Waals surface area contributed by atoms with Crippen molar-refractivity contribution in [3.63, 3.8) is 0 Å². The number of amides is 2. The highest BCUT2D eigenvalue weighted by Crippen LogP contribution is 2.11. The summed E-state index contributed by atoms with van der Waals surface area (Å²) in [5.74, 6) is -0.375. The monoisotopic (exact) mass is 273 g/mol. The Morgan fingerprint density at radius 2 is 2.00 bits per heavy atom. The number of hydrogen-bond acceptors (Lipinski definition) is 4. The zero-order valence-electron chi connectivity index (χ0n) is 11.0. The summed E-state index contributed by atoms with van der Waals surface area (Å²) in [4.78, 5) is 23.5. The van der Waals surface area contributed by atoms with Crippen molar-refractivity contribution in [2.75, 3.05) is 10.7 Å². The maximum absolute atomic E-state index is 12.0. The van der Waals surface area contributed by atoms with Crippen LogP contribution in [-0.4, -0.2) is 26.7 Å². The number of benzene rings is 1. The SMILES string of the molecule is CCCC(=O)Nc1cccc(C(=O)Nn2cnnc2)c1. The number of anilines is 1. The van der Waals surface area contributed by atoms with E-state index in [0.29, 0.717) is 17.7 Å². The molecular formula is C13H15N5O2. The molecule has 2 rings (SSSR count). The lowest BCUT2D eigenvalue weighted by molar-refractivity contribution is -0.116. The molecule has 0 aliphatic heterocycles. The highest BCUT2D eigenvalue weighted by atomic mass is 16.2. The van der Waals surface area contributed by atoms with Crippen LogP contribution in [0.1, 0.15) is 30.1 Å². The van der Waals surface area contributed by atoms with Gasteiger partial charge in [-0.1, -0.05) is 13.0 Å². The van der Waals surface area contributed by atoms with Gasteiger partial charge in [-0.2, -0.15) is 0 Å².